The Balaban J connectivity index is 2.30. The predicted octanol–water partition coefficient (Wildman–Crippen LogP) is 1.97. The number of hydrogen-bond donors (Lipinski definition) is 1. The molecule has 2 aromatic heterocycles. The number of aryl methyl sites for hydroxylation is 1. The molecule has 0 amide bonds. The molecule has 0 aliphatic carbocycles. The number of nitro groups is 1. The van der Waals surface area contributed by atoms with Crippen molar-refractivity contribution in [1.82, 2.24) is 19.7 Å². The number of aromatic amines is 1. The van der Waals surface area contributed by atoms with E-state index in [0.717, 1.165) is 11.0 Å². The summed E-state index contributed by atoms with van der Waals surface area (Å²) in [5.41, 5.74) is 1.95. The lowest BCUT2D eigenvalue weighted by Gasteiger charge is -1.98. The molecule has 0 fully saturated rings. The maximum Gasteiger partial charge on any atom is 0.334 e. The smallest absolute Gasteiger partial charge is 0.276 e. The summed E-state index contributed by atoms with van der Waals surface area (Å²) in [6.45, 7) is 1.62. The van der Waals surface area contributed by atoms with Crippen molar-refractivity contribution in [2.75, 3.05) is 0 Å². The topological polar surface area (TPSA) is 89.6 Å². The number of nitrogens with zero attached hydrogens (tertiary/aromatic N) is 4. The zero-order chi connectivity index (χ0) is 12.7. The van der Waals surface area contributed by atoms with Crippen LogP contribution in [0, 0.1) is 17.0 Å². The summed E-state index contributed by atoms with van der Waals surface area (Å²) in [6.07, 6.45) is 1.54. The third kappa shape index (κ3) is 1.37. The van der Waals surface area contributed by atoms with E-state index < -0.39 is 4.92 Å². The highest BCUT2D eigenvalue weighted by molar-refractivity contribution is 5.77. The van der Waals surface area contributed by atoms with Gasteiger partial charge < -0.3 is 0 Å². The molecule has 7 heteroatoms. The van der Waals surface area contributed by atoms with Crippen molar-refractivity contribution in [3.8, 4) is 5.82 Å². The average molecular weight is 243 g/mol. The molecule has 3 rings (SSSR count). The van der Waals surface area contributed by atoms with Crippen LogP contribution in [0.3, 0.4) is 0 Å². The van der Waals surface area contributed by atoms with Crippen LogP contribution in [0.5, 0.6) is 0 Å². The molecule has 0 saturated carbocycles. The zero-order valence-corrected chi connectivity index (χ0v) is 9.49. The summed E-state index contributed by atoms with van der Waals surface area (Å²) in [5, 5.41) is 17.7. The van der Waals surface area contributed by atoms with Gasteiger partial charge in [0.05, 0.1) is 16.0 Å². The number of imidazole rings is 1. The monoisotopic (exact) mass is 243 g/mol. The van der Waals surface area contributed by atoms with Crippen LogP contribution < -0.4 is 0 Å². The number of aromatic nitrogens is 4. The largest absolute Gasteiger partial charge is 0.334 e. The highest BCUT2D eigenvalue weighted by Gasteiger charge is 2.23. The summed E-state index contributed by atoms with van der Waals surface area (Å²) in [6, 6.07) is 7.41. The Hall–Kier alpha value is -2.70. The van der Waals surface area contributed by atoms with Crippen LogP contribution in [0.15, 0.2) is 30.6 Å². The zero-order valence-electron chi connectivity index (χ0n) is 9.49. The minimum absolute atomic E-state index is 0.0295. The van der Waals surface area contributed by atoms with Crippen molar-refractivity contribution in [3.63, 3.8) is 0 Å². The van der Waals surface area contributed by atoms with E-state index in [2.05, 4.69) is 15.2 Å². The van der Waals surface area contributed by atoms with E-state index in [1.54, 1.807) is 11.5 Å². The van der Waals surface area contributed by atoms with Crippen LogP contribution in [-0.4, -0.2) is 24.7 Å². The van der Waals surface area contributed by atoms with E-state index in [-0.39, 0.29) is 11.5 Å². The fraction of sp³-hybridized carbons (Fsp3) is 0.0909. The average Bonchev–Trinajstić information content (AvgIpc) is 2.92. The molecule has 0 aliphatic rings. The van der Waals surface area contributed by atoms with Gasteiger partial charge in [-0.3, -0.25) is 19.8 Å². The quantitative estimate of drug-likeness (QED) is 0.550. The number of para-hydroxylation sites is 2. The third-order valence-corrected chi connectivity index (χ3v) is 2.76. The van der Waals surface area contributed by atoms with E-state index in [9.17, 15) is 10.1 Å². The number of fused-ring (bicyclic) bond motifs is 1. The second-order valence-electron chi connectivity index (χ2n) is 3.88. The first-order valence-corrected chi connectivity index (χ1v) is 5.30. The molecule has 3 aromatic rings. The molecule has 2 heterocycles. The number of hydrogen-bond acceptors (Lipinski definition) is 4. The van der Waals surface area contributed by atoms with E-state index >= 15 is 0 Å². The third-order valence-electron chi connectivity index (χ3n) is 2.76. The molecular formula is C11H9N5O2. The Morgan fingerprint density at radius 3 is 2.94 bits per heavy atom. The molecule has 0 bridgehead atoms. The molecule has 1 N–H and O–H groups in total. The van der Waals surface area contributed by atoms with Gasteiger partial charge in [0.15, 0.2) is 0 Å². The molecular weight excluding hydrogens is 234 g/mol. The molecule has 0 aliphatic heterocycles. The minimum Gasteiger partial charge on any atom is -0.276 e. The molecule has 0 atom stereocenters. The van der Waals surface area contributed by atoms with Crippen LogP contribution in [0.2, 0.25) is 0 Å². The lowest BCUT2D eigenvalue weighted by Crippen LogP contribution is -1.98. The van der Waals surface area contributed by atoms with Crippen molar-refractivity contribution in [2.24, 2.45) is 0 Å². The maximum absolute atomic E-state index is 11.0. The maximum atomic E-state index is 11.0. The fourth-order valence-electron chi connectivity index (χ4n) is 1.92. The van der Waals surface area contributed by atoms with Crippen molar-refractivity contribution >= 4 is 16.7 Å². The molecule has 7 nitrogen and oxygen atoms in total. The second-order valence-corrected chi connectivity index (χ2v) is 3.88. The van der Waals surface area contributed by atoms with Gasteiger partial charge in [-0.2, -0.15) is 0 Å². The van der Waals surface area contributed by atoms with Gasteiger partial charge in [-0.05, 0) is 19.1 Å². The van der Waals surface area contributed by atoms with E-state index in [1.807, 2.05) is 24.3 Å². The molecule has 90 valence electrons. The van der Waals surface area contributed by atoms with E-state index in [0.29, 0.717) is 5.69 Å². The lowest BCUT2D eigenvalue weighted by molar-refractivity contribution is -0.385. The van der Waals surface area contributed by atoms with Gasteiger partial charge in [-0.25, -0.2) is 4.98 Å². The summed E-state index contributed by atoms with van der Waals surface area (Å²) in [7, 11) is 0. The van der Waals surface area contributed by atoms with Crippen molar-refractivity contribution in [1.29, 1.82) is 0 Å². The summed E-state index contributed by atoms with van der Waals surface area (Å²) in [5.74, 6) is 0.256. The van der Waals surface area contributed by atoms with Gasteiger partial charge in [0.1, 0.15) is 12.0 Å². The normalized spacial score (nSPS) is 10.9. The Morgan fingerprint density at radius 2 is 2.17 bits per heavy atom. The number of benzene rings is 1. The number of nitrogens with one attached hydrogen (secondary N) is 1. The fourth-order valence-corrected chi connectivity index (χ4v) is 1.92. The van der Waals surface area contributed by atoms with Crippen molar-refractivity contribution < 1.29 is 4.92 Å². The minimum atomic E-state index is -0.442. The number of rotatable bonds is 2. The molecule has 0 spiro atoms. The molecule has 0 radical (unpaired) electrons. The second kappa shape index (κ2) is 3.66. The van der Waals surface area contributed by atoms with E-state index in [1.165, 1.54) is 6.33 Å². The van der Waals surface area contributed by atoms with Crippen LogP contribution in [0.25, 0.3) is 16.9 Å². The SMILES string of the molecule is Cc1[nH]nc(-n2cnc3ccccc32)c1[N+](=O)[O-]. The molecule has 0 saturated heterocycles. The van der Waals surface area contributed by atoms with E-state index in [4.69, 9.17) is 0 Å². The summed E-state index contributed by atoms with van der Waals surface area (Å²) in [4.78, 5) is 14.8. The molecule has 18 heavy (non-hydrogen) atoms. The highest BCUT2D eigenvalue weighted by atomic mass is 16.6. The Bertz CT molecular complexity index is 743. The summed E-state index contributed by atoms with van der Waals surface area (Å²) < 4.78 is 1.61. The highest BCUT2D eigenvalue weighted by Crippen LogP contribution is 2.26. The van der Waals surface area contributed by atoms with Gasteiger partial charge in [0.25, 0.3) is 0 Å². The van der Waals surface area contributed by atoms with Crippen molar-refractivity contribution in [3.05, 3.63) is 46.4 Å². The molecule has 0 unspecified atom stereocenters. The lowest BCUT2D eigenvalue weighted by atomic mass is 10.3. The van der Waals surface area contributed by atoms with Crippen LogP contribution in [0.4, 0.5) is 5.69 Å². The number of H-pyrrole nitrogens is 1. The first-order valence-electron chi connectivity index (χ1n) is 5.30. The summed E-state index contributed by atoms with van der Waals surface area (Å²) >= 11 is 0. The standard InChI is InChI=1S/C11H9N5O2/c1-7-10(16(17)18)11(14-13-7)15-6-12-8-4-2-3-5-9(8)15/h2-6H,1H3,(H,13,14). The van der Waals surface area contributed by atoms with Crippen LogP contribution in [0.1, 0.15) is 5.69 Å². The van der Waals surface area contributed by atoms with Gasteiger partial charge in [0.2, 0.25) is 5.82 Å². The first-order chi connectivity index (χ1) is 8.68. The van der Waals surface area contributed by atoms with Gasteiger partial charge in [-0.1, -0.05) is 12.1 Å². The Morgan fingerprint density at radius 1 is 1.39 bits per heavy atom. The van der Waals surface area contributed by atoms with Crippen LogP contribution in [-0.2, 0) is 0 Å². The Kier molecular flexibility index (Phi) is 2.12. The first kappa shape index (κ1) is 10.5. The predicted molar refractivity (Wildman–Crippen MR) is 64.6 cm³/mol. The van der Waals surface area contributed by atoms with Gasteiger partial charge >= 0.3 is 5.69 Å². The Labute approximate surface area is 101 Å². The van der Waals surface area contributed by atoms with Crippen LogP contribution >= 0.6 is 0 Å². The van der Waals surface area contributed by atoms with Crippen molar-refractivity contribution in [2.45, 2.75) is 6.92 Å². The van der Waals surface area contributed by atoms with Gasteiger partial charge in [0, 0.05) is 0 Å². The van der Waals surface area contributed by atoms with Gasteiger partial charge in [-0.15, -0.1) is 5.10 Å². The molecule has 1 aromatic carbocycles.